The molecule has 0 saturated carbocycles. The van der Waals surface area contributed by atoms with Gasteiger partial charge in [-0.3, -0.25) is 0 Å². The fraction of sp³-hybridized carbons (Fsp3) is 0.100. The van der Waals surface area contributed by atoms with Gasteiger partial charge in [0.1, 0.15) is 0 Å². The molecule has 0 aliphatic carbocycles. The molecular formula is C10H12Cl2N2O. The number of nitrogens with two attached hydrogens (primary N) is 1. The number of pyridine rings is 1. The quantitative estimate of drug-likeness (QED) is 0.788. The molecule has 3 nitrogen and oxygen atoms in total. The average molecular weight is 247 g/mol. The maximum atomic E-state index is 5.76. The van der Waals surface area contributed by atoms with Crippen LogP contribution in [0.2, 0.25) is 0 Å². The van der Waals surface area contributed by atoms with Crippen molar-refractivity contribution in [1.82, 2.24) is 4.98 Å². The molecule has 0 radical (unpaired) electrons. The molecule has 82 valence electrons. The zero-order chi connectivity index (χ0) is 9.26. The smallest absolute Gasteiger partial charge is 0.213 e. The van der Waals surface area contributed by atoms with Gasteiger partial charge in [0.05, 0.1) is 18.3 Å². The van der Waals surface area contributed by atoms with Crippen LogP contribution in [0.1, 0.15) is 0 Å². The van der Waals surface area contributed by atoms with E-state index >= 15 is 0 Å². The van der Waals surface area contributed by atoms with Crippen LogP contribution in [0.15, 0.2) is 30.3 Å². The molecule has 0 amide bonds. The summed E-state index contributed by atoms with van der Waals surface area (Å²) >= 11 is 0. The normalized spacial score (nSPS) is 8.87. The summed E-state index contributed by atoms with van der Waals surface area (Å²) in [7, 11) is 1.59. The van der Waals surface area contributed by atoms with Crippen molar-refractivity contribution < 1.29 is 4.74 Å². The minimum Gasteiger partial charge on any atom is -0.481 e. The number of halogens is 2. The Kier molecular flexibility index (Phi) is 5.19. The monoisotopic (exact) mass is 246 g/mol. The molecule has 15 heavy (non-hydrogen) atoms. The third-order valence-corrected chi connectivity index (χ3v) is 1.94. The summed E-state index contributed by atoms with van der Waals surface area (Å²) in [4.78, 5) is 4.25. The topological polar surface area (TPSA) is 48.1 Å². The molecule has 2 aromatic rings. The van der Waals surface area contributed by atoms with Gasteiger partial charge in [-0.05, 0) is 12.1 Å². The average Bonchev–Trinajstić information content (AvgIpc) is 2.18. The second-order valence-electron chi connectivity index (χ2n) is 2.77. The van der Waals surface area contributed by atoms with Gasteiger partial charge in [-0.25, -0.2) is 4.98 Å². The number of fused-ring (bicyclic) bond motifs is 1. The molecule has 2 rings (SSSR count). The summed E-state index contributed by atoms with van der Waals surface area (Å²) in [5, 5.41) is 1.03. The summed E-state index contributed by atoms with van der Waals surface area (Å²) < 4.78 is 5.01. The summed E-state index contributed by atoms with van der Waals surface area (Å²) in [5.41, 5.74) is 7.23. The molecule has 1 aromatic carbocycles. The van der Waals surface area contributed by atoms with Crippen LogP contribution < -0.4 is 10.5 Å². The molecule has 5 heteroatoms. The molecule has 0 atom stereocenters. The summed E-state index contributed by atoms with van der Waals surface area (Å²) in [5.74, 6) is 0.588. The van der Waals surface area contributed by atoms with Gasteiger partial charge in [0.2, 0.25) is 5.88 Å². The van der Waals surface area contributed by atoms with Crippen LogP contribution in [0.25, 0.3) is 10.9 Å². The standard InChI is InChI=1S/C10H10N2O.2ClH/c1-13-9-6-5-7-3-2-4-8(11)10(7)12-9;;/h2-6H,11H2,1H3;2*1H. The third kappa shape index (κ3) is 2.64. The second kappa shape index (κ2) is 5.63. The predicted octanol–water partition coefficient (Wildman–Crippen LogP) is 2.67. The Morgan fingerprint density at radius 2 is 1.87 bits per heavy atom. The van der Waals surface area contributed by atoms with Crippen molar-refractivity contribution in [2.45, 2.75) is 0 Å². The maximum absolute atomic E-state index is 5.76. The minimum absolute atomic E-state index is 0. The number of rotatable bonds is 1. The van der Waals surface area contributed by atoms with Crippen LogP contribution in [0.3, 0.4) is 0 Å². The SMILES string of the molecule is COc1ccc2cccc(N)c2n1.Cl.Cl. The Bertz CT molecular complexity index is 448. The van der Waals surface area contributed by atoms with Crippen molar-refractivity contribution in [3.63, 3.8) is 0 Å². The van der Waals surface area contributed by atoms with Crippen molar-refractivity contribution in [2.75, 3.05) is 12.8 Å². The number of para-hydroxylation sites is 1. The molecule has 0 unspecified atom stereocenters. The van der Waals surface area contributed by atoms with Crippen molar-refractivity contribution in [2.24, 2.45) is 0 Å². The van der Waals surface area contributed by atoms with Gasteiger partial charge < -0.3 is 10.5 Å². The summed E-state index contributed by atoms with van der Waals surface area (Å²) in [6.07, 6.45) is 0. The highest BCUT2D eigenvalue weighted by atomic mass is 35.5. The van der Waals surface area contributed by atoms with E-state index < -0.39 is 0 Å². The first-order valence-electron chi connectivity index (χ1n) is 4.00. The van der Waals surface area contributed by atoms with E-state index in [0.717, 1.165) is 10.9 Å². The van der Waals surface area contributed by atoms with Gasteiger partial charge in [0, 0.05) is 11.5 Å². The second-order valence-corrected chi connectivity index (χ2v) is 2.77. The van der Waals surface area contributed by atoms with E-state index in [1.165, 1.54) is 0 Å². The van der Waals surface area contributed by atoms with E-state index in [-0.39, 0.29) is 24.8 Å². The van der Waals surface area contributed by atoms with Crippen LogP contribution in [0.4, 0.5) is 5.69 Å². The molecule has 1 heterocycles. The molecular weight excluding hydrogens is 235 g/mol. The van der Waals surface area contributed by atoms with E-state index in [4.69, 9.17) is 10.5 Å². The lowest BCUT2D eigenvalue weighted by molar-refractivity contribution is 0.399. The first kappa shape index (κ1) is 13.8. The van der Waals surface area contributed by atoms with E-state index in [1.54, 1.807) is 7.11 Å². The van der Waals surface area contributed by atoms with Crippen molar-refractivity contribution in [3.8, 4) is 5.88 Å². The predicted molar refractivity (Wildman–Crippen MR) is 67.2 cm³/mol. The number of hydrogen-bond donors (Lipinski definition) is 1. The number of ether oxygens (including phenoxy) is 1. The molecule has 0 aliphatic heterocycles. The highest BCUT2D eigenvalue weighted by Gasteiger charge is 1.99. The molecule has 0 aliphatic rings. The Balaban J connectivity index is 0.000000980. The minimum atomic E-state index is 0. The lowest BCUT2D eigenvalue weighted by Crippen LogP contribution is -1.92. The van der Waals surface area contributed by atoms with Gasteiger partial charge >= 0.3 is 0 Å². The Labute approximate surface area is 100 Å². The fourth-order valence-corrected chi connectivity index (χ4v) is 1.27. The van der Waals surface area contributed by atoms with Crippen LogP contribution in [0, 0.1) is 0 Å². The Morgan fingerprint density at radius 1 is 1.13 bits per heavy atom. The first-order chi connectivity index (χ1) is 6.31. The van der Waals surface area contributed by atoms with Crippen LogP contribution in [-0.4, -0.2) is 12.1 Å². The van der Waals surface area contributed by atoms with Gasteiger partial charge in [-0.15, -0.1) is 24.8 Å². The van der Waals surface area contributed by atoms with Gasteiger partial charge in [0.25, 0.3) is 0 Å². The fourth-order valence-electron chi connectivity index (χ4n) is 1.27. The van der Waals surface area contributed by atoms with Gasteiger partial charge in [-0.2, -0.15) is 0 Å². The number of nitrogens with zero attached hydrogens (tertiary/aromatic N) is 1. The van der Waals surface area contributed by atoms with Crippen LogP contribution in [0.5, 0.6) is 5.88 Å². The van der Waals surface area contributed by atoms with E-state index in [1.807, 2.05) is 30.3 Å². The highest BCUT2D eigenvalue weighted by molar-refractivity contribution is 5.89. The van der Waals surface area contributed by atoms with Crippen molar-refractivity contribution in [3.05, 3.63) is 30.3 Å². The first-order valence-corrected chi connectivity index (χ1v) is 4.00. The molecule has 2 N–H and O–H groups in total. The largest absolute Gasteiger partial charge is 0.481 e. The molecule has 0 fully saturated rings. The number of methoxy groups -OCH3 is 1. The molecule has 0 spiro atoms. The number of anilines is 1. The lowest BCUT2D eigenvalue weighted by Gasteiger charge is -2.02. The summed E-state index contributed by atoms with van der Waals surface area (Å²) in [6, 6.07) is 9.47. The Hall–Kier alpha value is -1.19. The van der Waals surface area contributed by atoms with Crippen molar-refractivity contribution in [1.29, 1.82) is 0 Å². The number of benzene rings is 1. The zero-order valence-electron chi connectivity index (χ0n) is 8.14. The van der Waals surface area contributed by atoms with E-state index in [2.05, 4.69) is 4.98 Å². The third-order valence-electron chi connectivity index (χ3n) is 1.94. The molecule has 1 aromatic heterocycles. The molecule has 0 bridgehead atoms. The lowest BCUT2D eigenvalue weighted by atomic mass is 10.2. The maximum Gasteiger partial charge on any atom is 0.213 e. The van der Waals surface area contributed by atoms with Crippen LogP contribution in [-0.2, 0) is 0 Å². The van der Waals surface area contributed by atoms with Gasteiger partial charge in [-0.1, -0.05) is 12.1 Å². The number of hydrogen-bond acceptors (Lipinski definition) is 3. The zero-order valence-corrected chi connectivity index (χ0v) is 9.77. The number of aromatic nitrogens is 1. The Morgan fingerprint density at radius 3 is 2.53 bits per heavy atom. The van der Waals surface area contributed by atoms with Crippen molar-refractivity contribution >= 4 is 41.4 Å². The van der Waals surface area contributed by atoms with E-state index in [9.17, 15) is 0 Å². The van der Waals surface area contributed by atoms with Crippen LogP contribution >= 0.6 is 24.8 Å². The van der Waals surface area contributed by atoms with Gasteiger partial charge in [0.15, 0.2) is 0 Å². The highest BCUT2D eigenvalue weighted by Crippen LogP contribution is 2.21. The summed E-state index contributed by atoms with van der Waals surface area (Å²) in [6.45, 7) is 0. The number of nitrogen functional groups attached to an aromatic ring is 1. The van der Waals surface area contributed by atoms with E-state index in [0.29, 0.717) is 11.6 Å². The molecule has 0 saturated heterocycles.